The maximum atomic E-state index is 12.0. The quantitative estimate of drug-likeness (QED) is 0.777. The number of hydrogen-bond donors (Lipinski definition) is 1. The van der Waals surface area contributed by atoms with E-state index >= 15 is 0 Å². The molecular formula is C19H14N4O2. The molecule has 0 saturated carbocycles. The number of ether oxygens (including phenoxy) is 1. The summed E-state index contributed by atoms with van der Waals surface area (Å²) in [5, 5.41) is 11.6. The van der Waals surface area contributed by atoms with Crippen LogP contribution in [0.4, 0.5) is 5.69 Å². The number of nitrogens with zero attached hydrogens (tertiary/aromatic N) is 3. The van der Waals surface area contributed by atoms with Crippen LogP contribution in [0, 0.1) is 11.3 Å². The van der Waals surface area contributed by atoms with E-state index in [4.69, 9.17) is 10.00 Å². The van der Waals surface area contributed by atoms with Crippen molar-refractivity contribution in [2.24, 2.45) is 0 Å². The third kappa shape index (κ3) is 4.18. The molecule has 0 unspecified atom stereocenters. The number of benzene rings is 2. The molecular weight excluding hydrogens is 316 g/mol. The second-order valence-electron chi connectivity index (χ2n) is 5.11. The summed E-state index contributed by atoms with van der Waals surface area (Å²) in [6, 6.07) is 18.3. The van der Waals surface area contributed by atoms with Crippen molar-refractivity contribution in [1.29, 1.82) is 5.26 Å². The molecule has 2 aromatic carbocycles. The highest BCUT2D eigenvalue weighted by Crippen LogP contribution is 2.17. The van der Waals surface area contributed by atoms with Gasteiger partial charge in [0.15, 0.2) is 12.4 Å². The molecule has 25 heavy (non-hydrogen) atoms. The fraction of sp³-hybridized carbons (Fsp3) is 0.0526. The summed E-state index contributed by atoms with van der Waals surface area (Å²) in [6.45, 7) is -0.209. The van der Waals surface area contributed by atoms with E-state index < -0.39 is 0 Å². The maximum Gasteiger partial charge on any atom is 0.262 e. The van der Waals surface area contributed by atoms with Gasteiger partial charge in [0.1, 0.15) is 11.8 Å². The summed E-state index contributed by atoms with van der Waals surface area (Å²) >= 11 is 0. The van der Waals surface area contributed by atoms with E-state index in [1.807, 2.05) is 36.4 Å². The van der Waals surface area contributed by atoms with Crippen molar-refractivity contribution < 1.29 is 9.53 Å². The van der Waals surface area contributed by atoms with Crippen molar-refractivity contribution in [2.45, 2.75) is 0 Å². The molecule has 0 atom stereocenters. The first-order valence-electron chi connectivity index (χ1n) is 7.55. The average Bonchev–Trinajstić information content (AvgIpc) is 2.68. The Balaban J connectivity index is 1.59. The minimum Gasteiger partial charge on any atom is -0.482 e. The number of amides is 1. The van der Waals surface area contributed by atoms with Crippen LogP contribution in [0.25, 0.3) is 11.4 Å². The van der Waals surface area contributed by atoms with Gasteiger partial charge in [-0.1, -0.05) is 42.5 Å². The van der Waals surface area contributed by atoms with Crippen LogP contribution in [0.5, 0.6) is 5.75 Å². The predicted octanol–water partition coefficient (Wildman–Crippen LogP) is 3.03. The molecule has 0 fully saturated rings. The van der Waals surface area contributed by atoms with Crippen LogP contribution >= 0.6 is 0 Å². The number of nitrogens with one attached hydrogen (secondary N) is 1. The number of hydrogen-bond acceptors (Lipinski definition) is 5. The third-order valence-electron chi connectivity index (χ3n) is 3.33. The molecule has 6 nitrogen and oxygen atoms in total. The highest BCUT2D eigenvalue weighted by atomic mass is 16.5. The van der Waals surface area contributed by atoms with E-state index in [1.165, 1.54) is 12.4 Å². The lowest BCUT2D eigenvalue weighted by atomic mass is 10.2. The van der Waals surface area contributed by atoms with Crippen LogP contribution in [-0.4, -0.2) is 22.5 Å². The van der Waals surface area contributed by atoms with Gasteiger partial charge < -0.3 is 10.1 Å². The van der Waals surface area contributed by atoms with Crippen LogP contribution < -0.4 is 10.1 Å². The van der Waals surface area contributed by atoms with Gasteiger partial charge in [0, 0.05) is 5.56 Å². The zero-order chi connectivity index (χ0) is 17.5. The molecule has 0 bridgehead atoms. The van der Waals surface area contributed by atoms with Gasteiger partial charge in [-0.05, 0) is 12.1 Å². The smallest absolute Gasteiger partial charge is 0.262 e. The lowest BCUT2D eigenvalue weighted by Gasteiger charge is -2.08. The van der Waals surface area contributed by atoms with E-state index in [9.17, 15) is 4.79 Å². The second kappa shape index (κ2) is 7.70. The van der Waals surface area contributed by atoms with Gasteiger partial charge in [-0.3, -0.25) is 4.79 Å². The van der Waals surface area contributed by atoms with Gasteiger partial charge in [0.05, 0.1) is 23.6 Å². The number of carbonyl (C=O) groups excluding carboxylic acids is 1. The van der Waals surface area contributed by atoms with Crippen molar-refractivity contribution in [3.05, 3.63) is 72.6 Å². The normalized spacial score (nSPS) is 9.88. The van der Waals surface area contributed by atoms with Crippen LogP contribution in [0.15, 0.2) is 67.0 Å². The van der Waals surface area contributed by atoms with Crippen molar-refractivity contribution in [1.82, 2.24) is 9.97 Å². The Morgan fingerprint density at radius 2 is 1.72 bits per heavy atom. The Morgan fingerprint density at radius 1 is 1.04 bits per heavy atom. The van der Waals surface area contributed by atoms with Gasteiger partial charge in [-0.15, -0.1) is 0 Å². The van der Waals surface area contributed by atoms with Crippen molar-refractivity contribution in [3.63, 3.8) is 0 Å². The molecule has 0 aliphatic heterocycles. The van der Waals surface area contributed by atoms with Crippen molar-refractivity contribution in [3.8, 4) is 23.2 Å². The molecule has 3 aromatic rings. The first-order chi connectivity index (χ1) is 12.3. The largest absolute Gasteiger partial charge is 0.482 e. The van der Waals surface area contributed by atoms with E-state index in [-0.39, 0.29) is 12.5 Å². The van der Waals surface area contributed by atoms with E-state index in [0.29, 0.717) is 22.8 Å². The molecule has 0 saturated heterocycles. The van der Waals surface area contributed by atoms with E-state index in [2.05, 4.69) is 15.3 Å². The Bertz CT molecular complexity index is 903. The highest BCUT2D eigenvalue weighted by Gasteiger charge is 2.08. The zero-order valence-electron chi connectivity index (χ0n) is 13.2. The molecule has 0 radical (unpaired) electrons. The average molecular weight is 330 g/mol. The number of carbonyl (C=O) groups is 1. The van der Waals surface area contributed by atoms with Gasteiger partial charge in [0.2, 0.25) is 0 Å². The second-order valence-corrected chi connectivity index (χ2v) is 5.11. The monoisotopic (exact) mass is 330 g/mol. The van der Waals surface area contributed by atoms with Gasteiger partial charge in [-0.2, -0.15) is 5.26 Å². The Labute approximate surface area is 144 Å². The van der Waals surface area contributed by atoms with Gasteiger partial charge in [0.25, 0.3) is 5.91 Å². The molecule has 1 N–H and O–H groups in total. The summed E-state index contributed by atoms with van der Waals surface area (Å²) in [6.07, 6.45) is 3.08. The Kier molecular flexibility index (Phi) is 4.98. The summed E-state index contributed by atoms with van der Waals surface area (Å²) < 4.78 is 5.38. The van der Waals surface area contributed by atoms with Crippen molar-refractivity contribution in [2.75, 3.05) is 11.9 Å². The van der Waals surface area contributed by atoms with Crippen LogP contribution in [0.2, 0.25) is 0 Å². The topological polar surface area (TPSA) is 87.9 Å². The number of nitriles is 1. The molecule has 1 heterocycles. The van der Waals surface area contributed by atoms with Gasteiger partial charge in [-0.25, -0.2) is 9.97 Å². The van der Waals surface area contributed by atoms with E-state index in [1.54, 1.807) is 24.3 Å². The third-order valence-corrected chi connectivity index (χ3v) is 3.33. The minimum absolute atomic E-state index is 0.209. The lowest BCUT2D eigenvalue weighted by Crippen LogP contribution is -2.20. The summed E-state index contributed by atoms with van der Waals surface area (Å²) in [4.78, 5) is 20.4. The van der Waals surface area contributed by atoms with Crippen LogP contribution in [-0.2, 0) is 4.79 Å². The number of aromatic nitrogens is 2. The first-order valence-corrected chi connectivity index (χ1v) is 7.55. The van der Waals surface area contributed by atoms with Crippen LogP contribution in [0.3, 0.4) is 0 Å². The molecule has 0 aliphatic carbocycles. The fourth-order valence-electron chi connectivity index (χ4n) is 2.15. The predicted molar refractivity (Wildman–Crippen MR) is 92.7 cm³/mol. The Hall–Kier alpha value is -3.72. The van der Waals surface area contributed by atoms with Crippen molar-refractivity contribution >= 4 is 11.6 Å². The molecule has 0 aliphatic rings. The Morgan fingerprint density at radius 3 is 2.44 bits per heavy atom. The zero-order valence-corrected chi connectivity index (χ0v) is 13.2. The standard InChI is InChI=1S/C19H14N4O2/c20-10-15-8-4-5-9-17(15)25-13-18(24)23-16-11-21-19(22-12-16)14-6-2-1-3-7-14/h1-9,11-12H,13H2,(H,23,24). The summed E-state index contributed by atoms with van der Waals surface area (Å²) in [5.74, 6) is 0.595. The number of para-hydroxylation sites is 1. The van der Waals surface area contributed by atoms with E-state index in [0.717, 1.165) is 5.56 Å². The molecule has 6 heteroatoms. The SMILES string of the molecule is N#Cc1ccccc1OCC(=O)Nc1cnc(-c2ccccc2)nc1. The van der Waals surface area contributed by atoms with Gasteiger partial charge >= 0.3 is 0 Å². The molecule has 3 rings (SSSR count). The molecule has 0 spiro atoms. The van der Waals surface area contributed by atoms with Crippen LogP contribution in [0.1, 0.15) is 5.56 Å². The summed E-state index contributed by atoms with van der Waals surface area (Å²) in [5.41, 5.74) is 1.75. The fourth-order valence-corrected chi connectivity index (χ4v) is 2.15. The minimum atomic E-state index is -0.358. The molecule has 1 amide bonds. The highest BCUT2D eigenvalue weighted by molar-refractivity contribution is 5.91. The summed E-state index contributed by atoms with van der Waals surface area (Å²) in [7, 11) is 0. The molecule has 122 valence electrons. The maximum absolute atomic E-state index is 12.0. The number of rotatable bonds is 5. The molecule has 1 aromatic heterocycles. The lowest BCUT2D eigenvalue weighted by molar-refractivity contribution is -0.118. The first kappa shape index (κ1) is 16.1. The number of anilines is 1.